The number of benzene rings is 2. The number of methoxy groups -OCH3 is 1. The van der Waals surface area contributed by atoms with E-state index in [-0.39, 0.29) is 5.02 Å². The van der Waals surface area contributed by atoms with Crippen LogP contribution in [0.2, 0.25) is 5.02 Å². The zero-order chi connectivity index (χ0) is 21.7. The molecule has 1 heterocycles. The molecule has 0 bridgehead atoms. The SMILES string of the molecule is COc1cc2ncnc(Nc3ccc(F)c(Cl)c3)c2cc1OCCNCC(C)(C)O. The maximum Gasteiger partial charge on any atom is 0.162 e. The van der Waals surface area contributed by atoms with Crippen LogP contribution in [0, 0.1) is 5.82 Å². The summed E-state index contributed by atoms with van der Waals surface area (Å²) in [5, 5.41) is 16.7. The largest absolute Gasteiger partial charge is 0.493 e. The third kappa shape index (κ3) is 5.69. The number of aliphatic hydroxyl groups is 1. The molecule has 0 amide bonds. The lowest BCUT2D eigenvalue weighted by molar-refractivity contribution is 0.0788. The molecule has 0 aliphatic carbocycles. The van der Waals surface area contributed by atoms with E-state index in [2.05, 4.69) is 20.6 Å². The van der Waals surface area contributed by atoms with Crippen molar-refractivity contribution in [3.05, 3.63) is 47.5 Å². The van der Waals surface area contributed by atoms with Gasteiger partial charge in [0.2, 0.25) is 0 Å². The Balaban J connectivity index is 1.81. The molecule has 0 aliphatic rings. The topological polar surface area (TPSA) is 88.5 Å². The van der Waals surface area contributed by atoms with Crippen molar-refractivity contribution in [2.24, 2.45) is 0 Å². The van der Waals surface area contributed by atoms with Crippen molar-refractivity contribution in [3.8, 4) is 11.5 Å². The first kappa shape index (κ1) is 22.0. The number of halogens is 2. The first-order valence-electron chi connectivity index (χ1n) is 9.37. The summed E-state index contributed by atoms with van der Waals surface area (Å²) in [6, 6.07) is 7.90. The Morgan fingerprint density at radius 2 is 1.97 bits per heavy atom. The van der Waals surface area contributed by atoms with E-state index >= 15 is 0 Å². The van der Waals surface area contributed by atoms with E-state index in [1.165, 1.54) is 18.5 Å². The van der Waals surface area contributed by atoms with Crippen molar-refractivity contribution in [2.75, 3.05) is 32.1 Å². The fourth-order valence-corrected chi connectivity index (χ4v) is 2.95. The Morgan fingerprint density at radius 1 is 1.17 bits per heavy atom. The third-order valence-electron chi connectivity index (χ3n) is 4.20. The zero-order valence-electron chi connectivity index (χ0n) is 17.0. The summed E-state index contributed by atoms with van der Waals surface area (Å²) in [6.07, 6.45) is 1.43. The summed E-state index contributed by atoms with van der Waals surface area (Å²) in [7, 11) is 1.56. The van der Waals surface area contributed by atoms with Gasteiger partial charge in [-0.05, 0) is 38.1 Å². The lowest BCUT2D eigenvalue weighted by Gasteiger charge is -2.18. The van der Waals surface area contributed by atoms with Crippen LogP contribution in [0.3, 0.4) is 0 Å². The van der Waals surface area contributed by atoms with E-state index in [1.54, 1.807) is 39.2 Å². The molecule has 0 fully saturated rings. The lowest BCUT2D eigenvalue weighted by atomic mass is 10.1. The standard InChI is InChI=1S/C21H24ClFN4O3/c1-21(2,28)11-24-6-7-30-19-9-14-17(10-18(19)29-3)25-12-26-20(14)27-13-4-5-16(23)15(22)8-13/h4-5,8-10,12,24,28H,6-7,11H2,1-3H3,(H,25,26,27). The highest BCUT2D eigenvalue weighted by Crippen LogP contribution is 2.35. The molecule has 30 heavy (non-hydrogen) atoms. The van der Waals surface area contributed by atoms with Crippen molar-refractivity contribution >= 4 is 34.0 Å². The van der Waals surface area contributed by atoms with Crippen LogP contribution in [0.1, 0.15) is 13.8 Å². The van der Waals surface area contributed by atoms with Crippen molar-refractivity contribution in [3.63, 3.8) is 0 Å². The second-order valence-corrected chi connectivity index (χ2v) is 7.74. The number of ether oxygens (including phenoxy) is 2. The zero-order valence-corrected chi connectivity index (χ0v) is 17.8. The Labute approximate surface area is 179 Å². The van der Waals surface area contributed by atoms with Gasteiger partial charge < -0.3 is 25.2 Å². The van der Waals surface area contributed by atoms with Gasteiger partial charge >= 0.3 is 0 Å². The van der Waals surface area contributed by atoms with E-state index in [0.717, 1.165) is 0 Å². The summed E-state index contributed by atoms with van der Waals surface area (Å²) in [5.41, 5.74) is 0.461. The highest BCUT2D eigenvalue weighted by atomic mass is 35.5. The quantitative estimate of drug-likeness (QED) is 0.440. The highest BCUT2D eigenvalue weighted by Gasteiger charge is 2.14. The van der Waals surface area contributed by atoms with Gasteiger partial charge in [0.1, 0.15) is 24.6 Å². The third-order valence-corrected chi connectivity index (χ3v) is 4.49. The minimum absolute atomic E-state index is 0.0163. The van der Waals surface area contributed by atoms with Gasteiger partial charge in [-0.25, -0.2) is 14.4 Å². The molecule has 7 nitrogen and oxygen atoms in total. The van der Waals surface area contributed by atoms with E-state index in [9.17, 15) is 9.50 Å². The van der Waals surface area contributed by atoms with Gasteiger partial charge in [-0.15, -0.1) is 0 Å². The van der Waals surface area contributed by atoms with Gasteiger partial charge in [-0.1, -0.05) is 11.6 Å². The van der Waals surface area contributed by atoms with Crippen LogP contribution in [-0.2, 0) is 0 Å². The van der Waals surface area contributed by atoms with Crippen LogP contribution in [0.4, 0.5) is 15.9 Å². The molecule has 0 unspecified atom stereocenters. The Bertz CT molecular complexity index is 1030. The van der Waals surface area contributed by atoms with Crippen molar-refractivity contribution in [2.45, 2.75) is 19.4 Å². The minimum Gasteiger partial charge on any atom is -0.493 e. The molecule has 3 N–H and O–H groups in total. The Kier molecular flexibility index (Phi) is 6.91. The first-order chi connectivity index (χ1) is 14.3. The van der Waals surface area contributed by atoms with Gasteiger partial charge in [0.05, 0.1) is 23.3 Å². The van der Waals surface area contributed by atoms with Crippen LogP contribution >= 0.6 is 11.6 Å². The van der Waals surface area contributed by atoms with Crippen molar-refractivity contribution in [1.29, 1.82) is 0 Å². The number of fused-ring (bicyclic) bond motifs is 1. The summed E-state index contributed by atoms with van der Waals surface area (Å²) in [5.74, 6) is 1.10. The fourth-order valence-electron chi connectivity index (χ4n) is 2.77. The number of nitrogens with zero attached hydrogens (tertiary/aromatic N) is 2. The molecule has 3 aromatic rings. The molecule has 9 heteroatoms. The van der Waals surface area contributed by atoms with Gasteiger partial charge in [0, 0.05) is 30.2 Å². The summed E-state index contributed by atoms with van der Waals surface area (Å²) in [4.78, 5) is 8.58. The lowest BCUT2D eigenvalue weighted by Crippen LogP contribution is -2.36. The molecule has 0 spiro atoms. The van der Waals surface area contributed by atoms with Crippen molar-refractivity contribution < 1.29 is 19.0 Å². The molecule has 1 aromatic heterocycles. The summed E-state index contributed by atoms with van der Waals surface area (Å²) < 4.78 is 24.7. The highest BCUT2D eigenvalue weighted by molar-refractivity contribution is 6.31. The maximum absolute atomic E-state index is 13.4. The van der Waals surface area contributed by atoms with E-state index in [4.69, 9.17) is 21.1 Å². The second kappa shape index (κ2) is 9.42. The maximum atomic E-state index is 13.4. The average Bonchev–Trinajstić information content (AvgIpc) is 2.69. The van der Waals surface area contributed by atoms with Gasteiger partial charge in [-0.3, -0.25) is 0 Å². The van der Waals surface area contributed by atoms with Gasteiger partial charge in [0.25, 0.3) is 0 Å². The van der Waals surface area contributed by atoms with Gasteiger partial charge in [0.15, 0.2) is 11.5 Å². The van der Waals surface area contributed by atoms with Crippen LogP contribution in [0.25, 0.3) is 10.9 Å². The Hall–Kier alpha value is -2.68. The number of hydrogen-bond acceptors (Lipinski definition) is 7. The van der Waals surface area contributed by atoms with Crippen molar-refractivity contribution in [1.82, 2.24) is 15.3 Å². The molecule has 0 atom stereocenters. The van der Waals surface area contributed by atoms with Gasteiger partial charge in [-0.2, -0.15) is 0 Å². The fraction of sp³-hybridized carbons (Fsp3) is 0.333. The van der Waals surface area contributed by atoms with Crippen LogP contribution < -0.4 is 20.1 Å². The molecule has 160 valence electrons. The first-order valence-corrected chi connectivity index (χ1v) is 9.75. The average molecular weight is 435 g/mol. The number of aromatic nitrogens is 2. The van der Waals surface area contributed by atoms with Crippen LogP contribution in [0.15, 0.2) is 36.7 Å². The number of nitrogens with one attached hydrogen (secondary N) is 2. The molecule has 0 saturated carbocycles. The van der Waals surface area contributed by atoms with Crippen LogP contribution in [0.5, 0.6) is 11.5 Å². The van der Waals surface area contributed by atoms with E-state index in [0.29, 0.717) is 53.6 Å². The minimum atomic E-state index is -0.790. The van der Waals surface area contributed by atoms with E-state index < -0.39 is 11.4 Å². The molecular formula is C21H24ClFN4O3. The molecule has 2 aromatic carbocycles. The normalized spacial score (nSPS) is 11.5. The molecule has 0 aliphatic heterocycles. The predicted octanol–water partition coefficient (Wildman–Crippen LogP) is 3.91. The Morgan fingerprint density at radius 3 is 2.67 bits per heavy atom. The second-order valence-electron chi connectivity index (χ2n) is 7.33. The summed E-state index contributed by atoms with van der Waals surface area (Å²) in [6.45, 7) is 4.84. The molecule has 3 rings (SSSR count). The molecule has 0 radical (unpaired) electrons. The van der Waals surface area contributed by atoms with E-state index in [1.807, 2.05) is 0 Å². The summed E-state index contributed by atoms with van der Waals surface area (Å²) >= 11 is 5.87. The predicted molar refractivity (Wildman–Crippen MR) is 115 cm³/mol. The smallest absolute Gasteiger partial charge is 0.162 e. The number of anilines is 2. The molecular weight excluding hydrogens is 411 g/mol. The number of hydrogen-bond donors (Lipinski definition) is 3. The van der Waals surface area contributed by atoms with Crippen LogP contribution in [-0.4, -0.2) is 47.5 Å². The molecule has 0 saturated heterocycles. The monoisotopic (exact) mass is 434 g/mol. The number of rotatable bonds is 9.